The number of sulfonamides is 1. The van der Waals surface area contributed by atoms with E-state index in [1.807, 2.05) is 20.0 Å². The van der Waals surface area contributed by atoms with E-state index in [4.69, 9.17) is 0 Å². The highest BCUT2D eigenvalue weighted by atomic mass is 32.2. The van der Waals surface area contributed by atoms with Gasteiger partial charge in [-0.25, -0.2) is 13.1 Å². The maximum absolute atomic E-state index is 12.8. The maximum atomic E-state index is 12.8. The van der Waals surface area contributed by atoms with Crippen molar-refractivity contribution in [2.75, 3.05) is 0 Å². The number of carbonyl (C=O) groups excluding carboxylic acids is 1. The van der Waals surface area contributed by atoms with Gasteiger partial charge in [-0.1, -0.05) is 24.3 Å². The van der Waals surface area contributed by atoms with Gasteiger partial charge in [-0.15, -0.1) is 0 Å². The Balaban J connectivity index is 1.73. The summed E-state index contributed by atoms with van der Waals surface area (Å²) in [5.41, 5.74) is 10.3. The van der Waals surface area contributed by atoms with Gasteiger partial charge in [0, 0.05) is 22.7 Å². The standard InChI is InChI=1S/C29H30N2O3S/c1-17(29(32)31-35(33,34)24-10-8-7-9-11-24)14-26-19(3)21(5)28(22(6)20(26)4)23-12-13-27-25(15-23)18(2)16-30-27/h7-16,30H,1-6H3,(H,31,32). The maximum Gasteiger partial charge on any atom is 0.264 e. The van der Waals surface area contributed by atoms with Crippen LogP contribution in [0.1, 0.15) is 40.3 Å². The number of hydrogen-bond acceptors (Lipinski definition) is 3. The molecule has 0 fully saturated rings. The minimum atomic E-state index is -3.94. The number of hydrogen-bond donors (Lipinski definition) is 2. The van der Waals surface area contributed by atoms with Crippen LogP contribution >= 0.6 is 0 Å². The zero-order valence-corrected chi connectivity index (χ0v) is 21.7. The number of benzene rings is 3. The monoisotopic (exact) mass is 486 g/mol. The van der Waals surface area contributed by atoms with E-state index in [1.165, 1.54) is 28.6 Å². The first kappa shape index (κ1) is 24.5. The molecule has 0 atom stereocenters. The second-order valence-electron chi connectivity index (χ2n) is 9.10. The first-order chi connectivity index (χ1) is 16.5. The molecule has 0 unspecified atom stereocenters. The summed E-state index contributed by atoms with van der Waals surface area (Å²) in [5, 5.41) is 1.20. The van der Waals surface area contributed by atoms with E-state index < -0.39 is 15.9 Å². The molecule has 180 valence electrons. The van der Waals surface area contributed by atoms with E-state index in [2.05, 4.69) is 48.7 Å². The average molecular weight is 487 g/mol. The first-order valence-electron chi connectivity index (χ1n) is 11.5. The molecule has 1 heterocycles. The largest absolute Gasteiger partial charge is 0.361 e. The van der Waals surface area contributed by atoms with E-state index in [9.17, 15) is 13.2 Å². The molecule has 0 spiro atoms. The predicted molar refractivity (Wildman–Crippen MR) is 143 cm³/mol. The molecule has 0 aliphatic rings. The lowest BCUT2D eigenvalue weighted by atomic mass is 9.85. The number of aromatic amines is 1. The lowest BCUT2D eigenvalue weighted by Gasteiger charge is -2.20. The van der Waals surface area contributed by atoms with Gasteiger partial charge in [-0.2, -0.15) is 0 Å². The molecule has 6 heteroatoms. The molecule has 0 aliphatic carbocycles. The Morgan fingerprint density at radius 2 is 1.51 bits per heavy atom. The highest BCUT2D eigenvalue weighted by Gasteiger charge is 2.20. The molecular weight excluding hydrogens is 456 g/mol. The third kappa shape index (κ3) is 4.54. The number of carbonyl (C=O) groups is 1. The van der Waals surface area contributed by atoms with Gasteiger partial charge in [0.2, 0.25) is 0 Å². The quantitative estimate of drug-likeness (QED) is 0.326. The van der Waals surface area contributed by atoms with Crippen molar-refractivity contribution >= 4 is 32.9 Å². The molecule has 4 aromatic rings. The number of aryl methyl sites for hydroxylation is 1. The summed E-state index contributed by atoms with van der Waals surface area (Å²) in [6, 6.07) is 14.3. The summed E-state index contributed by atoms with van der Waals surface area (Å²) in [5.74, 6) is -0.638. The van der Waals surface area contributed by atoms with Crippen molar-refractivity contribution in [1.29, 1.82) is 0 Å². The second kappa shape index (κ2) is 9.19. The second-order valence-corrected chi connectivity index (χ2v) is 10.8. The van der Waals surface area contributed by atoms with Gasteiger partial charge >= 0.3 is 0 Å². The Bertz CT molecular complexity index is 1570. The van der Waals surface area contributed by atoms with Crippen LogP contribution in [-0.2, 0) is 14.8 Å². The topological polar surface area (TPSA) is 79.0 Å². The van der Waals surface area contributed by atoms with E-state index in [-0.39, 0.29) is 4.90 Å². The molecule has 3 aromatic carbocycles. The molecule has 0 saturated heterocycles. The zero-order chi connectivity index (χ0) is 25.5. The Morgan fingerprint density at radius 3 is 2.14 bits per heavy atom. The Hall–Kier alpha value is -3.64. The van der Waals surface area contributed by atoms with Crippen LogP contribution in [0.15, 0.2) is 65.2 Å². The highest BCUT2D eigenvalue weighted by Crippen LogP contribution is 2.36. The van der Waals surface area contributed by atoms with Gasteiger partial charge in [0.1, 0.15) is 0 Å². The SMILES string of the molecule is CC(=Cc1c(C)c(C)c(-c2ccc3[nH]cc(C)c3c2)c(C)c1C)C(=O)NS(=O)(=O)c1ccccc1. The van der Waals surface area contributed by atoms with Gasteiger partial charge < -0.3 is 4.98 Å². The molecule has 1 amide bonds. The van der Waals surface area contributed by atoms with Gasteiger partial charge in [-0.3, -0.25) is 4.79 Å². The van der Waals surface area contributed by atoms with Gasteiger partial charge in [0.25, 0.3) is 15.9 Å². The van der Waals surface area contributed by atoms with E-state index in [0.717, 1.165) is 38.9 Å². The Kier molecular flexibility index (Phi) is 6.43. The van der Waals surface area contributed by atoms with Crippen molar-refractivity contribution in [2.24, 2.45) is 0 Å². The van der Waals surface area contributed by atoms with Gasteiger partial charge in [-0.05, 0) is 116 Å². The minimum absolute atomic E-state index is 0.0548. The molecular formula is C29H30N2O3S. The number of nitrogens with one attached hydrogen (secondary N) is 2. The number of aromatic nitrogens is 1. The summed E-state index contributed by atoms with van der Waals surface area (Å²) >= 11 is 0. The van der Waals surface area contributed by atoms with Crippen molar-refractivity contribution in [3.8, 4) is 11.1 Å². The number of fused-ring (bicyclic) bond motifs is 1. The number of rotatable bonds is 5. The lowest BCUT2D eigenvalue weighted by molar-refractivity contribution is -0.115. The Labute approximate surface area is 207 Å². The fourth-order valence-corrected chi connectivity index (χ4v) is 5.59. The fourth-order valence-electron chi connectivity index (χ4n) is 4.55. The summed E-state index contributed by atoms with van der Waals surface area (Å²) in [4.78, 5) is 16.1. The normalized spacial score (nSPS) is 12.2. The van der Waals surface area contributed by atoms with Crippen molar-refractivity contribution < 1.29 is 13.2 Å². The van der Waals surface area contributed by atoms with E-state index in [0.29, 0.717) is 5.57 Å². The predicted octanol–water partition coefficient (Wildman–Crippen LogP) is 6.29. The minimum Gasteiger partial charge on any atom is -0.361 e. The smallest absolute Gasteiger partial charge is 0.264 e. The molecule has 1 aromatic heterocycles. The number of amides is 1. The molecule has 2 N–H and O–H groups in total. The van der Waals surface area contributed by atoms with Crippen LogP contribution in [-0.4, -0.2) is 19.3 Å². The number of H-pyrrole nitrogens is 1. The molecule has 35 heavy (non-hydrogen) atoms. The van der Waals surface area contributed by atoms with E-state index in [1.54, 1.807) is 31.2 Å². The van der Waals surface area contributed by atoms with Crippen LogP contribution in [0.25, 0.3) is 28.1 Å². The molecule has 5 nitrogen and oxygen atoms in total. The van der Waals surface area contributed by atoms with Crippen LogP contribution in [0.3, 0.4) is 0 Å². The Morgan fingerprint density at radius 1 is 0.886 bits per heavy atom. The van der Waals surface area contributed by atoms with Gasteiger partial charge in [0.15, 0.2) is 0 Å². The van der Waals surface area contributed by atoms with Gasteiger partial charge in [0.05, 0.1) is 4.90 Å². The summed E-state index contributed by atoms with van der Waals surface area (Å²) in [7, 11) is -3.94. The highest BCUT2D eigenvalue weighted by molar-refractivity contribution is 7.90. The third-order valence-corrected chi connectivity index (χ3v) is 8.21. The van der Waals surface area contributed by atoms with E-state index >= 15 is 0 Å². The average Bonchev–Trinajstić information content (AvgIpc) is 3.21. The first-order valence-corrected chi connectivity index (χ1v) is 13.0. The molecule has 0 bridgehead atoms. The summed E-state index contributed by atoms with van der Waals surface area (Å²) in [6.07, 6.45) is 3.80. The van der Waals surface area contributed by atoms with Crippen molar-refractivity contribution in [3.63, 3.8) is 0 Å². The third-order valence-electron chi connectivity index (χ3n) is 6.86. The van der Waals surface area contributed by atoms with Crippen LogP contribution in [0, 0.1) is 34.6 Å². The zero-order valence-electron chi connectivity index (χ0n) is 20.9. The van der Waals surface area contributed by atoms with Crippen molar-refractivity contribution in [2.45, 2.75) is 46.4 Å². The molecule has 4 rings (SSSR count). The van der Waals surface area contributed by atoms with Crippen molar-refractivity contribution in [3.05, 3.63) is 93.7 Å². The molecule has 0 aliphatic heterocycles. The lowest BCUT2D eigenvalue weighted by Crippen LogP contribution is -2.31. The van der Waals surface area contributed by atoms with Crippen LogP contribution < -0.4 is 4.72 Å². The van der Waals surface area contributed by atoms with Crippen LogP contribution in [0.4, 0.5) is 0 Å². The van der Waals surface area contributed by atoms with Crippen LogP contribution in [0.5, 0.6) is 0 Å². The summed E-state index contributed by atoms with van der Waals surface area (Å²) < 4.78 is 27.3. The molecule has 0 saturated carbocycles. The fraction of sp³-hybridized carbons (Fsp3) is 0.207. The van der Waals surface area contributed by atoms with Crippen molar-refractivity contribution in [1.82, 2.24) is 9.71 Å². The van der Waals surface area contributed by atoms with Crippen LogP contribution in [0.2, 0.25) is 0 Å². The molecule has 0 radical (unpaired) electrons. The summed E-state index contributed by atoms with van der Waals surface area (Å²) in [6.45, 7) is 12.0.